The SMILES string of the molecule is [2H]C([2H])([2H])C([2H])([2H])OP(C)(=S)C#N. The molecule has 0 bridgehead atoms. The lowest BCUT2D eigenvalue weighted by Crippen LogP contribution is -1.82. The second-order valence-corrected chi connectivity index (χ2v) is 5.30. The molecule has 1 atom stereocenters. The molecule has 0 aromatic carbocycles. The molecule has 0 radical (unpaired) electrons. The Morgan fingerprint density at radius 1 is 2.25 bits per heavy atom. The van der Waals surface area contributed by atoms with Crippen molar-refractivity contribution in [3.05, 3.63) is 0 Å². The molecule has 0 N–H and O–H groups in total. The molecule has 1 unspecified atom stereocenters. The number of hydrogen-bond acceptors (Lipinski definition) is 3. The third-order valence-electron chi connectivity index (χ3n) is 0.401. The van der Waals surface area contributed by atoms with E-state index in [1.807, 2.05) is 0 Å². The van der Waals surface area contributed by atoms with Gasteiger partial charge in [-0.2, -0.15) is 5.26 Å². The zero-order valence-corrected chi connectivity index (χ0v) is 5.92. The van der Waals surface area contributed by atoms with Gasteiger partial charge in [-0.25, -0.2) is 0 Å². The molecule has 0 aromatic heterocycles. The molecule has 2 nitrogen and oxygen atoms in total. The summed E-state index contributed by atoms with van der Waals surface area (Å²) in [6.45, 7) is -4.55. The van der Waals surface area contributed by atoms with Crippen LogP contribution in [0, 0.1) is 11.1 Å². The first-order chi connectivity index (χ1) is 5.52. The maximum Gasteiger partial charge on any atom is 0.160 e. The van der Waals surface area contributed by atoms with Crippen molar-refractivity contribution in [2.45, 2.75) is 6.85 Å². The molecule has 0 amide bonds. The van der Waals surface area contributed by atoms with Crippen molar-refractivity contribution >= 4 is 18.1 Å². The van der Waals surface area contributed by atoms with E-state index in [1.165, 1.54) is 6.66 Å². The van der Waals surface area contributed by atoms with Gasteiger partial charge in [0, 0.05) is 10.8 Å². The Kier molecular flexibility index (Phi) is 1.11. The van der Waals surface area contributed by atoms with Gasteiger partial charge < -0.3 is 4.52 Å². The molecular weight excluding hydrogens is 141 g/mol. The van der Waals surface area contributed by atoms with Crippen LogP contribution in [0.25, 0.3) is 0 Å². The normalized spacial score (nSPS) is 29.2. The first kappa shape index (κ1) is 2.79. The van der Waals surface area contributed by atoms with Gasteiger partial charge in [0.05, 0.1) is 9.30 Å². The summed E-state index contributed by atoms with van der Waals surface area (Å²) in [5.74, 6) is 1.58. The van der Waals surface area contributed by atoms with Crippen molar-refractivity contribution in [3.63, 3.8) is 0 Å². The van der Waals surface area contributed by atoms with Crippen LogP contribution in [0.5, 0.6) is 0 Å². The zero-order valence-electron chi connectivity index (χ0n) is 9.21. The van der Waals surface area contributed by atoms with E-state index in [-0.39, 0.29) is 0 Å². The Morgan fingerprint density at radius 3 is 3.25 bits per heavy atom. The fraction of sp³-hybridized carbons (Fsp3) is 0.750. The minimum Gasteiger partial charge on any atom is -0.339 e. The standard InChI is InChI=1S/C4H8NOPS/c1-3-6-7(2,8)4-5/h3H2,1-2H3/i1D3,3D2. The highest BCUT2D eigenvalue weighted by Crippen LogP contribution is 2.40. The average molecular weight is 154 g/mol. The minimum absolute atomic E-state index is 1.23. The highest BCUT2D eigenvalue weighted by Gasteiger charge is 2.04. The summed E-state index contributed by atoms with van der Waals surface area (Å²) in [6.07, 6.45) is -2.99. The topological polar surface area (TPSA) is 33.0 Å². The summed E-state index contributed by atoms with van der Waals surface area (Å²) < 4.78 is 38.9. The van der Waals surface area contributed by atoms with Crippen LogP contribution in [0.3, 0.4) is 0 Å². The zero-order chi connectivity index (χ0) is 10.9. The number of hydrogen-bond donors (Lipinski definition) is 0. The predicted octanol–water partition coefficient (Wildman–Crippen LogP) is 1.53. The van der Waals surface area contributed by atoms with Gasteiger partial charge in [0.2, 0.25) is 0 Å². The number of nitriles is 1. The van der Waals surface area contributed by atoms with Crippen molar-refractivity contribution < 1.29 is 11.4 Å². The van der Waals surface area contributed by atoms with Gasteiger partial charge in [-0.05, 0) is 6.85 Å². The van der Waals surface area contributed by atoms with Gasteiger partial charge in [-0.15, -0.1) is 0 Å². The largest absolute Gasteiger partial charge is 0.339 e. The summed E-state index contributed by atoms with van der Waals surface area (Å²) in [5.41, 5.74) is 0. The lowest BCUT2D eigenvalue weighted by molar-refractivity contribution is 0.384. The molecule has 0 heterocycles. The Bertz CT molecular complexity index is 281. The fourth-order valence-corrected chi connectivity index (χ4v) is 0.434. The summed E-state index contributed by atoms with van der Waals surface area (Å²) >= 11 is 4.60. The molecule has 0 aliphatic rings. The molecule has 46 valence electrons. The summed E-state index contributed by atoms with van der Waals surface area (Å²) in [4.78, 5) is 0. The Balaban J connectivity index is 4.75. The maximum absolute atomic E-state index is 8.44. The van der Waals surface area contributed by atoms with E-state index >= 15 is 0 Å². The van der Waals surface area contributed by atoms with Crippen molar-refractivity contribution in [1.29, 1.82) is 5.26 Å². The molecule has 0 saturated heterocycles. The third-order valence-corrected chi connectivity index (χ3v) is 1.67. The summed E-state index contributed by atoms with van der Waals surface area (Å²) in [7, 11) is 0. The second kappa shape index (κ2) is 3.19. The highest BCUT2D eigenvalue weighted by atomic mass is 32.4. The van der Waals surface area contributed by atoms with Crippen LogP contribution < -0.4 is 0 Å². The third kappa shape index (κ3) is 3.15. The van der Waals surface area contributed by atoms with E-state index in [9.17, 15) is 0 Å². The molecule has 0 spiro atoms. The van der Waals surface area contributed by atoms with Gasteiger partial charge in [-0.3, -0.25) is 0 Å². The van der Waals surface area contributed by atoms with Gasteiger partial charge >= 0.3 is 0 Å². The van der Waals surface area contributed by atoms with Crippen LogP contribution in [0.2, 0.25) is 0 Å². The lowest BCUT2D eigenvalue weighted by atomic mass is 10.9. The van der Waals surface area contributed by atoms with Crippen LogP contribution in [0.4, 0.5) is 0 Å². The van der Waals surface area contributed by atoms with E-state index in [4.69, 9.17) is 12.1 Å². The minimum atomic E-state index is -2.99. The summed E-state index contributed by atoms with van der Waals surface area (Å²) in [6, 6.07) is 0. The van der Waals surface area contributed by atoms with Crippen molar-refractivity contribution in [2.75, 3.05) is 13.2 Å². The van der Waals surface area contributed by atoms with E-state index < -0.39 is 19.7 Å². The molecule has 8 heavy (non-hydrogen) atoms. The molecule has 0 aromatic rings. The Morgan fingerprint density at radius 2 is 2.88 bits per heavy atom. The Labute approximate surface area is 61.6 Å². The smallest absolute Gasteiger partial charge is 0.160 e. The molecule has 0 rings (SSSR count). The average Bonchev–Trinajstić information content (AvgIpc) is 1.83. The molecule has 4 heteroatoms. The first-order valence-electron chi connectivity index (χ1n) is 4.21. The molecule has 0 aliphatic carbocycles. The van der Waals surface area contributed by atoms with E-state index in [0.29, 0.717) is 0 Å². The Hall–Kier alpha value is 0.100. The van der Waals surface area contributed by atoms with Crippen molar-refractivity contribution in [3.8, 4) is 5.81 Å². The van der Waals surface area contributed by atoms with Gasteiger partial charge in [0.25, 0.3) is 0 Å². The molecular formula is C4H8NOPS. The van der Waals surface area contributed by atoms with Crippen molar-refractivity contribution in [2.24, 2.45) is 0 Å². The maximum atomic E-state index is 8.44. The van der Waals surface area contributed by atoms with Crippen LogP contribution in [-0.2, 0) is 16.3 Å². The van der Waals surface area contributed by atoms with Crippen LogP contribution >= 0.6 is 6.26 Å². The van der Waals surface area contributed by atoms with E-state index in [0.717, 1.165) is 0 Å². The monoisotopic (exact) mass is 154 g/mol. The van der Waals surface area contributed by atoms with Crippen LogP contribution in [0.15, 0.2) is 0 Å². The van der Waals surface area contributed by atoms with Gasteiger partial charge in [0.1, 0.15) is 5.81 Å². The van der Waals surface area contributed by atoms with Crippen LogP contribution in [0.1, 0.15) is 13.7 Å². The number of rotatable bonds is 2. The predicted molar refractivity (Wildman–Crippen MR) is 37.4 cm³/mol. The van der Waals surface area contributed by atoms with Gasteiger partial charge in [0.15, 0.2) is 6.26 Å². The summed E-state index contributed by atoms with van der Waals surface area (Å²) in [5, 5.41) is 8.44. The number of nitrogens with zero attached hydrogens (tertiary/aromatic N) is 1. The van der Waals surface area contributed by atoms with Crippen LogP contribution in [-0.4, -0.2) is 13.2 Å². The fourth-order valence-electron chi connectivity index (χ4n) is 0.108. The highest BCUT2D eigenvalue weighted by molar-refractivity contribution is 8.14. The second-order valence-electron chi connectivity index (χ2n) is 1.14. The molecule has 0 fully saturated rings. The first-order valence-corrected chi connectivity index (χ1v) is 4.88. The molecule has 0 saturated carbocycles. The quantitative estimate of drug-likeness (QED) is 0.565. The van der Waals surface area contributed by atoms with Crippen molar-refractivity contribution in [1.82, 2.24) is 0 Å². The van der Waals surface area contributed by atoms with E-state index in [2.05, 4.69) is 16.3 Å². The lowest BCUT2D eigenvalue weighted by Gasteiger charge is -2.03. The van der Waals surface area contributed by atoms with E-state index in [1.54, 1.807) is 5.81 Å². The molecule has 0 aliphatic heterocycles. The van der Waals surface area contributed by atoms with Gasteiger partial charge in [-0.1, -0.05) is 11.8 Å².